The highest BCUT2D eigenvalue weighted by atomic mass is 32.2. The molecule has 162 valence electrons. The summed E-state index contributed by atoms with van der Waals surface area (Å²) in [6.45, 7) is 2.38. The zero-order valence-electron chi connectivity index (χ0n) is 16.8. The van der Waals surface area contributed by atoms with E-state index in [-0.39, 0.29) is 11.9 Å². The molecule has 0 spiro atoms. The highest BCUT2D eigenvalue weighted by Gasteiger charge is 2.28. The molecule has 0 aliphatic carbocycles. The Morgan fingerprint density at radius 2 is 2.10 bits per heavy atom. The number of hydrogen-bond donors (Lipinski definition) is 1. The third-order valence-corrected chi connectivity index (χ3v) is 8.77. The summed E-state index contributed by atoms with van der Waals surface area (Å²) in [5.74, 6) is -0.337. The Kier molecular flexibility index (Phi) is 5.51. The lowest BCUT2D eigenvalue weighted by atomic mass is 10.1. The highest BCUT2D eigenvalue weighted by Crippen LogP contribution is 2.29. The molecule has 0 saturated carbocycles. The molecule has 1 aliphatic rings. The van der Waals surface area contributed by atoms with Crippen LogP contribution in [0.3, 0.4) is 0 Å². The van der Waals surface area contributed by atoms with Crippen LogP contribution in [0.2, 0.25) is 0 Å². The molecular weight excluding hydrogens is 437 g/mol. The van der Waals surface area contributed by atoms with Gasteiger partial charge < -0.3 is 9.42 Å². The summed E-state index contributed by atoms with van der Waals surface area (Å²) in [7, 11) is -3.52. The van der Waals surface area contributed by atoms with Crippen LogP contribution in [-0.4, -0.2) is 44.2 Å². The first-order chi connectivity index (χ1) is 15.0. The van der Waals surface area contributed by atoms with Crippen LogP contribution >= 0.6 is 11.3 Å². The number of fused-ring (bicyclic) bond motifs is 2. The number of likely N-dealkylation sites (tertiary alicyclic amines) is 1. The molecule has 1 saturated heterocycles. The van der Waals surface area contributed by atoms with E-state index in [0.29, 0.717) is 16.3 Å². The van der Waals surface area contributed by atoms with Gasteiger partial charge in [0, 0.05) is 28.7 Å². The number of aromatic nitrogens is 1. The second kappa shape index (κ2) is 8.31. The van der Waals surface area contributed by atoms with Crippen molar-refractivity contribution >= 4 is 42.4 Å². The van der Waals surface area contributed by atoms with Gasteiger partial charge in [0.2, 0.25) is 10.0 Å². The predicted molar refractivity (Wildman–Crippen MR) is 119 cm³/mol. The third kappa shape index (κ3) is 4.36. The predicted octanol–water partition coefficient (Wildman–Crippen LogP) is 4.17. The zero-order chi connectivity index (χ0) is 21.4. The van der Waals surface area contributed by atoms with Crippen LogP contribution in [-0.2, 0) is 16.4 Å². The maximum absolute atomic E-state index is 13.3. The molecule has 4 aromatic rings. The minimum atomic E-state index is -3.52. The topological polar surface area (TPSA) is 75.4 Å². The van der Waals surface area contributed by atoms with E-state index in [2.05, 4.69) is 14.8 Å². The summed E-state index contributed by atoms with van der Waals surface area (Å²) in [4.78, 5) is 2.26. The van der Waals surface area contributed by atoms with E-state index in [4.69, 9.17) is 4.52 Å². The molecule has 1 fully saturated rings. The average molecular weight is 460 g/mol. The van der Waals surface area contributed by atoms with Crippen LogP contribution in [0.1, 0.15) is 18.5 Å². The summed E-state index contributed by atoms with van der Waals surface area (Å²) in [6.07, 6.45) is 2.39. The maximum Gasteiger partial charge on any atom is 0.250 e. The standard InChI is InChI=1S/C22H22FN3O3S2/c23-16-7-8-18-19(24-29-20(18)13-16)5-3-10-26-11-9-17(14-26)25-31(27,28)22-12-15-4-1-2-6-21(15)30-22/h1-2,4,6-8,12-13,17,25H,3,5,9-11,14H2/t17-/m1/s1. The number of benzene rings is 2. The van der Waals surface area contributed by atoms with E-state index in [9.17, 15) is 12.8 Å². The summed E-state index contributed by atoms with van der Waals surface area (Å²) < 4.78 is 48.3. The van der Waals surface area contributed by atoms with Crippen LogP contribution in [0, 0.1) is 5.82 Å². The van der Waals surface area contributed by atoms with Gasteiger partial charge in [0.05, 0.1) is 5.69 Å². The number of thiophene rings is 1. The third-order valence-electron chi connectivity index (χ3n) is 5.66. The van der Waals surface area contributed by atoms with Gasteiger partial charge >= 0.3 is 0 Å². The van der Waals surface area contributed by atoms with Crippen molar-refractivity contribution in [2.24, 2.45) is 0 Å². The molecular formula is C22H22FN3O3S2. The van der Waals surface area contributed by atoms with Crippen molar-refractivity contribution in [1.82, 2.24) is 14.8 Å². The van der Waals surface area contributed by atoms with Gasteiger partial charge in [0.25, 0.3) is 0 Å². The number of hydrogen-bond acceptors (Lipinski definition) is 6. The smallest absolute Gasteiger partial charge is 0.250 e. The monoisotopic (exact) mass is 459 g/mol. The normalized spacial score (nSPS) is 17.8. The Balaban J connectivity index is 1.15. The van der Waals surface area contributed by atoms with Gasteiger partial charge in [-0.3, -0.25) is 0 Å². The molecule has 9 heteroatoms. The molecule has 0 unspecified atom stereocenters. The van der Waals surface area contributed by atoms with E-state index >= 15 is 0 Å². The molecule has 6 nitrogen and oxygen atoms in total. The minimum absolute atomic E-state index is 0.0916. The van der Waals surface area contributed by atoms with Crippen LogP contribution in [0.15, 0.2) is 57.3 Å². The minimum Gasteiger partial charge on any atom is -0.356 e. The lowest BCUT2D eigenvalue weighted by molar-refractivity contribution is 0.326. The molecule has 0 amide bonds. The zero-order valence-corrected chi connectivity index (χ0v) is 18.4. The number of halogens is 1. The van der Waals surface area contributed by atoms with Crippen LogP contribution in [0.4, 0.5) is 4.39 Å². The Bertz CT molecular complexity index is 1300. The molecule has 1 N–H and O–H groups in total. The quantitative estimate of drug-likeness (QED) is 0.449. The molecule has 0 bridgehead atoms. The van der Waals surface area contributed by atoms with Gasteiger partial charge in [-0.1, -0.05) is 23.4 Å². The van der Waals surface area contributed by atoms with Crippen molar-refractivity contribution in [1.29, 1.82) is 0 Å². The number of sulfonamides is 1. The Morgan fingerprint density at radius 3 is 2.97 bits per heavy atom. The fourth-order valence-corrected chi connectivity index (χ4v) is 6.79. The molecule has 0 radical (unpaired) electrons. The van der Waals surface area contributed by atoms with Gasteiger partial charge in [-0.15, -0.1) is 11.3 Å². The lowest BCUT2D eigenvalue weighted by Crippen LogP contribution is -2.36. The van der Waals surface area contributed by atoms with Crippen molar-refractivity contribution in [2.45, 2.75) is 29.5 Å². The van der Waals surface area contributed by atoms with Gasteiger partial charge in [-0.2, -0.15) is 0 Å². The average Bonchev–Trinajstić information content (AvgIpc) is 3.46. The van der Waals surface area contributed by atoms with Gasteiger partial charge in [-0.25, -0.2) is 17.5 Å². The van der Waals surface area contributed by atoms with E-state index in [1.54, 1.807) is 12.1 Å². The molecule has 3 heterocycles. The fraction of sp³-hybridized carbons (Fsp3) is 0.318. The first-order valence-electron chi connectivity index (χ1n) is 10.2. The second-order valence-electron chi connectivity index (χ2n) is 7.88. The lowest BCUT2D eigenvalue weighted by Gasteiger charge is -2.16. The van der Waals surface area contributed by atoms with E-state index in [1.165, 1.54) is 23.5 Å². The SMILES string of the molecule is O=S(=O)(N[C@@H]1CCN(CCCc2noc3cc(F)ccc23)C1)c1cc2ccccc2s1. The van der Waals surface area contributed by atoms with Gasteiger partial charge in [-0.05, 0) is 62.0 Å². The number of rotatable bonds is 7. The molecule has 1 aliphatic heterocycles. The van der Waals surface area contributed by atoms with Crippen molar-refractivity contribution in [2.75, 3.05) is 19.6 Å². The summed E-state index contributed by atoms with van der Waals surface area (Å²) >= 11 is 1.30. The van der Waals surface area contributed by atoms with Gasteiger partial charge in [0.1, 0.15) is 10.0 Å². The number of nitrogens with zero attached hydrogens (tertiary/aromatic N) is 2. The molecule has 1 atom stereocenters. The van der Waals surface area contributed by atoms with E-state index in [1.807, 2.05) is 24.3 Å². The molecule has 5 rings (SSSR count). The molecule has 31 heavy (non-hydrogen) atoms. The first kappa shape index (κ1) is 20.6. The van der Waals surface area contributed by atoms with Crippen molar-refractivity contribution in [3.63, 3.8) is 0 Å². The van der Waals surface area contributed by atoms with Crippen molar-refractivity contribution in [3.8, 4) is 0 Å². The number of aryl methyl sites for hydroxylation is 1. The summed E-state index contributed by atoms with van der Waals surface area (Å²) in [6, 6.07) is 13.8. The van der Waals surface area contributed by atoms with Crippen molar-refractivity contribution in [3.05, 3.63) is 60.0 Å². The van der Waals surface area contributed by atoms with Crippen LogP contribution < -0.4 is 4.72 Å². The van der Waals surface area contributed by atoms with Gasteiger partial charge in [0.15, 0.2) is 5.58 Å². The van der Waals surface area contributed by atoms with Crippen LogP contribution in [0.5, 0.6) is 0 Å². The Morgan fingerprint density at radius 1 is 1.23 bits per heavy atom. The largest absolute Gasteiger partial charge is 0.356 e. The first-order valence-corrected chi connectivity index (χ1v) is 12.5. The second-order valence-corrected chi connectivity index (χ2v) is 10.9. The highest BCUT2D eigenvalue weighted by molar-refractivity contribution is 7.91. The maximum atomic E-state index is 13.3. The Labute approximate surface area is 183 Å². The molecule has 2 aromatic carbocycles. The summed E-state index contributed by atoms with van der Waals surface area (Å²) in [5, 5.41) is 5.86. The fourth-order valence-electron chi connectivity index (χ4n) is 4.11. The number of nitrogens with one attached hydrogen (secondary N) is 1. The summed E-state index contributed by atoms with van der Waals surface area (Å²) in [5.41, 5.74) is 1.29. The Hall–Kier alpha value is -2.33. The van der Waals surface area contributed by atoms with E-state index in [0.717, 1.165) is 53.5 Å². The van der Waals surface area contributed by atoms with Crippen molar-refractivity contribution < 1.29 is 17.3 Å². The van der Waals surface area contributed by atoms with E-state index < -0.39 is 10.0 Å². The molecule has 2 aromatic heterocycles. The van der Waals surface area contributed by atoms with Crippen LogP contribution in [0.25, 0.3) is 21.1 Å².